The number of aromatic nitrogens is 1. The third kappa shape index (κ3) is 3.92. The number of furan rings is 1. The molecule has 0 aliphatic carbocycles. The van der Waals surface area contributed by atoms with Crippen molar-refractivity contribution in [1.29, 1.82) is 0 Å². The molecule has 0 unspecified atom stereocenters. The lowest BCUT2D eigenvalue weighted by Gasteiger charge is -2.36. The highest BCUT2D eigenvalue weighted by molar-refractivity contribution is 5.76. The Morgan fingerprint density at radius 3 is 2.48 bits per heavy atom. The van der Waals surface area contributed by atoms with E-state index in [9.17, 15) is 4.79 Å². The van der Waals surface area contributed by atoms with Gasteiger partial charge in [0.1, 0.15) is 5.76 Å². The predicted molar refractivity (Wildman–Crippen MR) is 89.5 cm³/mol. The minimum atomic E-state index is 0.211. The van der Waals surface area contributed by atoms with Gasteiger partial charge in [-0.25, -0.2) is 0 Å². The zero-order chi connectivity index (χ0) is 16.2. The van der Waals surface area contributed by atoms with E-state index in [1.165, 1.54) is 5.69 Å². The van der Waals surface area contributed by atoms with E-state index >= 15 is 0 Å². The zero-order valence-corrected chi connectivity index (χ0v) is 13.8. The standard InChI is InChI=1S/C18H23N3O2/c1-14-12-16(13-15(2)19-14)20-7-9-21(10-8-20)18(22)6-5-17-4-3-11-23-17/h3-4,11-13H,5-10H2,1-2H3. The van der Waals surface area contributed by atoms with Crippen LogP contribution >= 0.6 is 0 Å². The third-order valence-electron chi connectivity index (χ3n) is 4.23. The maximum atomic E-state index is 12.3. The van der Waals surface area contributed by atoms with Gasteiger partial charge in [0.25, 0.3) is 0 Å². The summed E-state index contributed by atoms with van der Waals surface area (Å²) >= 11 is 0. The number of hydrogen-bond donors (Lipinski definition) is 0. The molecule has 1 aliphatic heterocycles. The van der Waals surface area contributed by atoms with E-state index in [-0.39, 0.29) is 5.91 Å². The highest BCUT2D eigenvalue weighted by atomic mass is 16.3. The van der Waals surface area contributed by atoms with E-state index in [1.54, 1.807) is 6.26 Å². The highest BCUT2D eigenvalue weighted by Crippen LogP contribution is 2.19. The molecule has 2 aromatic heterocycles. The van der Waals surface area contributed by atoms with Crippen molar-refractivity contribution < 1.29 is 9.21 Å². The Morgan fingerprint density at radius 1 is 1.17 bits per heavy atom. The van der Waals surface area contributed by atoms with Crippen LogP contribution in [0.5, 0.6) is 0 Å². The summed E-state index contributed by atoms with van der Waals surface area (Å²) < 4.78 is 5.28. The molecule has 0 N–H and O–H groups in total. The Labute approximate surface area is 136 Å². The summed E-state index contributed by atoms with van der Waals surface area (Å²) in [6, 6.07) is 8.00. The molecule has 122 valence electrons. The summed E-state index contributed by atoms with van der Waals surface area (Å²) in [6.45, 7) is 7.33. The van der Waals surface area contributed by atoms with Gasteiger partial charge in [0.2, 0.25) is 5.91 Å². The van der Waals surface area contributed by atoms with E-state index < -0.39 is 0 Å². The second-order valence-electron chi connectivity index (χ2n) is 6.06. The molecule has 0 atom stereocenters. The number of amides is 1. The average molecular weight is 313 g/mol. The lowest BCUT2D eigenvalue weighted by atomic mass is 10.2. The van der Waals surface area contributed by atoms with Crippen molar-refractivity contribution in [3.8, 4) is 0 Å². The molecular weight excluding hydrogens is 290 g/mol. The van der Waals surface area contributed by atoms with Crippen molar-refractivity contribution in [3.05, 3.63) is 47.7 Å². The predicted octanol–water partition coefficient (Wildman–Crippen LogP) is 2.57. The molecule has 5 heteroatoms. The minimum Gasteiger partial charge on any atom is -0.469 e. The minimum absolute atomic E-state index is 0.211. The van der Waals surface area contributed by atoms with Crippen LogP contribution in [0.4, 0.5) is 5.69 Å². The fourth-order valence-electron chi connectivity index (χ4n) is 3.05. The molecular formula is C18H23N3O2. The maximum Gasteiger partial charge on any atom is 0.223 e. The van der Waals surface area contributed by atoms with Crippen molar-refractivity contribution in [2.24, 2.45) is 0 Å². The van der Waals surface area contributed by atoms with Crippen molar-refractivity contribution in [2.75, 3.05) is 31.1 Å². The lowest BCUT2D eigenvalue weighted by molar-refractivity contribution is -0.131. The summed E-state index contributed by atoms with van der Waals surface area (Å²) in [5.74, 6) is 1.09. The van der Waals surface area contributed by atoms with Gasteiger partial charge in [-0.1, -0.05) is 0 Å². The molecule has 23 heavy (non-hydrogen) atoms. The Balaban J connectivity index is 1.52. The molecule has 0 bridgehead atoms. The molecule has 1 fully saturated rings. The third-order valence-corrected chi connectivity index (χ3v) is 4.23. The van der Waals surface area contributed by atoms with Crippen molar-refractivity contribution in [3.63, 3.8) is 0 Å². The van der Waals surface area contributed by atoms with Crippen LogP contribution < -0.4 is 4.90 Å². The average Bonchev–Trinajstić information content (AvgIpc) is 3.05. The summed E-state index contributed by atoms with van der Waals surface area (Å²) in [7, 11) is 0. The van der Waals surface area contributed by atoms with Crippen LogP contribution in [0.25, 0.3) is 0 Å². The van der Waals surface area contributed by atoms with Crippen LogP contribution in [0.2, 0.25) is 0 Å². The fraction of sp³-hybridized carbons (Fsp3) is 0.444. The van der Waals surface area contributed by atoms with Gasteiger partial charge in [-0.2, -0.15) is 0 Å². The number of carbonyl (C=O) groups is 1. The molecule has 0 radical (unpaired) electrons. The van der Waals surface area contributed by atoms with Gasteiger partial charge in [-0.15, -0.1) is 0 Å². The SMILES string of the molecule is Cc1cc(N2CCN(C(=O)CCc3ccco3)CC2)cc(C)n1. The maximum absolute atomic E-state index is 12.3. The van der Waals surface area contributed by atoms with E-state index in [4.69, 9.17) is 4.42 Å². The number of carbonyl (C=O) groups excluding carboxylic acids is 1. The summed E-state index contributed by atoms with van der Waals surface area (Å²) in [4.78, 5) is 21.0. The van der Waals surface area contributed by atoms with Gasteiger partial charge in [0.15, 0.2) is 0 Å². The number of piperazine rings is 1. The topological polar surface area (TPSA) is 49.6 Å². The van der Waals surface area contributed by atoms with E-state index in [0.717, 1.165) is 43.3 Å². The number of aryl methyl sites for hydroxylation is 3. The number of hydrogen-bond acceptors (Lipinski definition) is 4. The first-order valence-electron chi connectivity index (χ1n) is 8.12. The van der Waals surface area contributed by atoms with Gasteiger partial charge in [0, 0.05) is 56.1 Å². The second-order valence-corrected chi connectivity index (χ2v) is 6.06. The van der Waals surface area contributed by atoms with Crippen molar-refractivity contribution >= 4 is 11.6 Å². The van der Waals surface area contributed by atoms with Crippen LogP contribution in [0.3, 0.4) is 0 Å². The van der Waals surface area contributed by atoms with Gasteiger partial charge < -0.3 is 14.2 Å². The molecule has 1 saturated heterocycles. The molecule has 2 aromatic rings. The Bertz CT molecular complexity index is 639. The summed E-state index contributed by atoms with van der Waals surface area (Å²) in [5, 5.41) is 0. The molecule has 3 heterocycles. The van der Waals surface area contributed by atoms with E-state index in [1.807, 2.05) is 30.9 Å². The fourth-order valence-corrected chi connectivity index (χ4v) is 3.05. The molecule has 1 amide bonds. The monoisotopic (exact) mass is 313 g/mol. The van der Waals surface area contributed by atoms with Gasteiger partial charge >= 0.3 is 0 Å². The quantitative estimate of drug-likeness (QED) is 0.870. The Morgan fingerprint density at radius 2 is 1.87 bits per heavy atom. The van der Waals surface area contributed by atoms with Crippen molar-refractivity contribution in [2.45, 2.75) is 26.7 Å². The van der Waals surface area contributed by atoms with Crippen LogP contribution in [0, 0.1) is 13.8 Å². The van der Waals surface area contributed by atoms with Crippen LogP contribution in [0.1, 0.15) is 23.6 Å². The van der Waals surface area contributed by atoms with Crippen LogP contribution in [-0.4, -0.2) is 42.0 Å². The van der Waals surface area contributed by atoms with Crippen LogP contribution in [0.15, 0.2) is 34.9 Å². The lowest BCUT2D eigenvalue weighted by Crippen LogP contribution is -2.48. The number of rotatable bonds is 4. The normalized spacial score (nSPS) is 15.0. The summed E-state index contributed by atoms with van der Waals surface area (Å²) in [6.07, 6.45) is 2.84. The van der Waals surface area contributed by atoms with E-state index in [0.29, 0.717) is 12.8 Å². The first kappa shape index (κ1) is 15.6. The number of anilines is 1. The Hall–Kier alpha value is -2.30. The molecule has 3 rings (SSSR count). The highest BCUT2D eigenvalue weighted by Gasteiger charge is 2.21. The van der Waals surface area contributed by atoms with Crippen molar-refractivity contribution in [1.82, 2.24) is 9.88 Å². The smallest absolute Gasteiger partial charge is 0.223 e. The zero-order valence-electron chi connectivity index (χ0n) is 13.8. The first-order chi connectivity index (χ1) is 11.1. The van der Waals surface area contributed by atoms with E-state index in [2.05, 4.69) is 22.0 Å². The molecule has 0 spiro atoms. The summed E-state index contributed by atoms with van der Waals surface area (Å²) in [5.41, 5.74) is 3.28. The largest absolute Gasteiger partial charge is 0.469 e. The molecule has 1 aliphatic rings. The van der Waals surface area contributed by atoms with Gasteiger partial charge in [-0.05, 0) is 38.1 Å². The van der Waals surface area contributed by atoms with Gasteiger partial charge in [0.05, 0.1) is 6.26 Å². The first-order valence-corrected chi connectivity index (χ1v) is 8.12. The number of nitrogens with zero attached hydrogens (tertiary/aromatic N) is 3. The molecule has 0 aromatic carbocycles. The van der Waals surface area contributed by atoms with Crippen LogP contribution in [-0.2, 0) is 11.2 Å². The molecule has 5 nitrogen and oxygen atoms in total. The Kier molecular flexibility index (Phi) is 4.65. The second kappa shape index (κ2) is 6.86. The number of pyridine rings is 1. The van der Waals surface area contributed by atoms with Gasteiger partial charge in [-0.3, -0.25) is 9.78 Å². The molecule has 0 saturated carbocycles.